The van der Waals surface area contributed by atoms with Gasteiger partial charge in [-0.25, -0.2) is 0 Å². The molecule has 0 aromatic heterocycles. The van der Waals surface area contributed by atoms with Crippen molar-refractivity contribution in [2.45, 2.75) is 44.6 Å². The molecule has 10 heteroatoms. The van der Waals surface area contributed by atoms with Gasteiger partial charge in [0.15, 0.2) is 0 Å². The molecule has 158 valence electrons. The summed E-state index contributed by atoms with van der Waals surface area (Å²) in [6.45, 7) is 1.50. The van der Waals surface area contributed by atoms with E-state index in [9.17, 15) is 14.4 Å². The highest BCUT2D eigenvalue weighted by Gasteiger charge is 2.41. The first-order valence-electron chi connectivity index (χ1n) is 9.43. The Morgan fingerprint density at radius 1 is 0.966 bits per heavy atom. The maximum atomic E-state index is 12.6. The number of fused-ring (bicyclic) bond motifs is 1. The minimum atomic E-state index is -0.537. The van der Waals surface area contributed by atoms with Gasteiger partial charge in [0.1, 0.15) is 0 Å². The standard InChI is InChI=1S/C19H20Cl4N2O4/c20-14-12-13(15(21)17(23)16(14)22)19(28)25(18(12)27)7-3-1-2-6-11(26)24-9-10-5-4-8-29-10/h10H,1-9H2,(H,24,26)/t10-/m1/s1. The number of ether oxygens (including phenoxy) is 1. The number of amides is 3. The van der Waals surface area contributed by atoms with E-state index >= 15 is 0 Å². The quantitative estimate of drug-likeness (QED) is 0.251. The highest BCUT2D eigenvalue weighted by Crippen LogP contribution is 2.44. The number of hydrogen-bond donors (Lipinski definition) is 1. The summed E-state index contributed by atoms with van der Waals surface area (Å²) in [5, 5.41) is 2.64. The van der Waals surface area contributed by atoms with Crippen LogP contribution in [0.2, 0.25) is 20.1 Å². The Balaban J connectivity index is 1.46. The van der Waals surface area contributed by atoms with E-state index in [2.05, 4.69) is 5.32 Å². The van der Waals surface area contributed by atoms with Gasteiger partial charge in [-0.3, -0.25) is 19.3 Å². The summed E-state index contributed by atoms with van der Waals surface area (Å²) < 4.78 is 5.46. The van der Waals surface area contributed by atoms with Crippen LogP contribution in [0.3, 0.4) is 0 Å². The number of unbranched alkanes of at least 4 members (excludes halogenated alkanes) is 2. The van der Waals surface area contributed by atoms with Crippen LogP contribution >= 0.6 is 46.4 Å². The molecule has 3 rings (SSSR count). The Bertz CT molecular complexity index is 793. The van der Waals surface area contributed by atoms with E-state index in [0.29, 0.717) is 32.2 Å². The highest BCUT2D eigenvalue weighted by molar-refractivity contribution is 6.55. The van der Waals surface area contributed by atoms with Crippen LogP contribution in [0.25, 0.3) is 0 Å². The molecule has 0 radical (unpaired) electrons. The molecule has 3 amide bonds. The molecule has 29 heavy (non-hydrogen) atoms. The zero-order valence-corrected chi connectivity index (χ0v) is 18.6. The molecule has 0 unspecified atom stereocenters. The van der Waals surface area contributed by atoms with E-state index in [1.54, 1.807) is 0 Å². The SMILES string of the molecule is O=C(CCCCCN1C(=O)c2c(Cl)c(Cl)c(Cl)c(Cl)c2C1=O)NC[C@H]1CCCO1. The van der Waals surface area contributed by atoms with E-state index in [1.807, 2.05) is 0 Å². The first kappa shape index (κ1) is 22.6. The molecule has 1 saturated heterocycles. The third-order valence-electron chi connectivity index (χ3n) is 5.02. The topological polar surface area (TPSA) is 75.7 Å². The molecule has 0 aliphatic carbocycles. The Kier molecular flexibility index (Phi) is 7.68. The predicted octanol–water partition coefficient (Wildman–Crippen LogP) is 4.75. The normalized spacial score (nSPS) is 18.5. The second-order valence-corrected chi connectivity index (χ2v) is 8.53. The summed E-state index contributed by atoms with van der Waals surface area (Å²) in [5.74, 6) is -1.10. The maximum absolute atomic E-state index is 12.6. The molecule has 2 aliphatic heterocycles. The van der Waals surface area contributed by atoms with Crippen LogP contribution < -0.4 is 5.32 Å². The molecular formula is C19H20Cl4N2O4. The molecule has 1 aromatic rings. The summed E-state index contributed by atoms with van der Waals surface area (Å²) in [6, 6.07) is 0. The van der Waals surface area contributed by atoms with Gasteiger partial charge in [0.2, 0.25) is 5.91 Å². The smallest absolute Gasteiger partial charge is 0.263 e. The molecule has 2 heterocycles. The minimum absolute atomic E-state index is 0.00965. The summed E-state index contributed by atoms with van der Waals surface area (Å²) in [5.41, 5.74) is -0.0193. The number of imide groups is 1. The number of carbonyl (C=O) groups is 3. The number of benzene rings is 1. The number of halogens is 4. The molecule has 2 aliphatic rings. The van der Waals surface area contributed by atoms with Crippen LogP contribution in [0.4, 0.5) is 0 Å². The van der Waals surface area contributed by atoms with Crippen molar-refractivity contribution in [2.24, 2.45) is 0 Å². The van der Waals surface area contributed by atoms with Gasteiger partial charge in [-0.1, -0.05) is 52.8 Å². The average molecular weight is 482 g/mol. The Labute approximate surface area is 188 Å². The first-order valence-corrected chi connectivity index (χ1v) is 10.9. The van der Waals surface area contributed by atoms with Gasteiger partial charge in [-0.05, 0) is 25.7 Å². The number of carbonyl (C=O) groups excluding carboxylic acids is 3. The van der Waals surface area contributed by atoms with E-state index in [4.69, 9.17) is 51.1 Å². The molecule has 0 saturated carbocycles. The predicted molar refractivity (Wildman–Crippen MR) is 112 cm³/mol. The largest absolute Gasteiger partial charge is 0.376 e. The lowest BCUT2D eigenvalue weighted by Crippen LogP contribution is -2.32. The van der Waals surface area contributed by atoms with Crippen molar-refractivity contribution >= 4 is 64.1 Å². The van der Waals surface area contributed by atoms with Gasteiger partial charge < -0.3 is 10.1 Å². The molecule has 1 N–H and O–H groups in total. The molecule has 6 nitrogen and oxygen atoms in total. The zero-order chi connectivity index (χ0) is 21.1. The molecular weight excluding hydrogens is 462 g/mol. The third-order valence-corrected chi connectivity index (χ3v) is 6.82. The monoisotopic (exact) mass is 480 g/mol. The van der Waals surface area contributed by atoms with Crippen LogP contribution in [0.5, 0.6) is 0 Å². The van der Waals surface area contributed by atoms with Crippen molar-refractivity contribution < 1.29 is 19.1 Å². The van der Waals surface area contributed by atoms with Gasteiger partial charge in [-0.15, -0.1) is 0 Å². The molecule has 0 spiro atoms. The van der Waals surface area contributed by atoms with Crippen LogP contribution in [-0.4, -0.2) is 48.4 Å². The molecule has 0 bridgehead atoms. The van der Waals surface area contributed by atoms with Gasteiger partial charge in [-0.2, -0.15) is 0 Å². The van der Waals surface area contributed by atoms with Crippen molar-refractivity contribution in [3.05, 3.63) is 31.2 Å². The molecule has 1 atom stereocenters. The van der Waals surface area contributed by atoms with Gasteiger partial charge in [0, 0.05) is 26.1 Å². The lowest BCUT2D eigenvalue weighted by atomic mass is 10.1. The van der Waals surface area contributed by atoms with Crippen molar-refractivity contribution in [2.75, 3.05) is 19.7 Å². The number of nitrogens with one attached hydrogen (secondary N) is 1. The lowest BCUT2D eigenvalue weighted by molar-refractivity contribution is -0.121. The van der Waals surface area contributed by atoms with Crippen molar-refractivity contribution in [1.82, 2.24) is 10.2 Å². The fourth-order valence-corrected chi connectivity index (χ4v) is 4.47. The van der Waals surface area contributed by atoms with Crippen molar-refractivity contribution in [1.29, 1.82) is 0 Å². The Hall–Kier alpha value is -1.05. The zero-order valence-electron chi connectivity index (χ0n) is 15.5. The van der Waals surface area contributed by atoms with Gasteiger partial charge in [0.05, 0.1) is 37.3 Å². The minimum Gasteiger partial charge on any atom is -0.376 e. The Morgan fingerprint density at radius 2 is 1.59 bits per heavy atom. The summed E-state index contributed by atoms with van der Waals surface area (Å²) >= 11 is 24.2. The number of nitrogens with zero attached hydrogens (tertiary/aromatic N) is 1. The van der Waals surface area contributed by atoms with E-state index < -0.39 is 11.8 Å². The summed E-state index contributed by atoms with van der Waals surface area (Å²) in [7, 11) is 0. The molecule has 1 fully saturated rings. The van der Waals surface area contributed by atoms with Crippen LogP contribution in [0.1, 0.15) is 59.2 Å². The highest BCUT2D eigenvalue weighted by atomic mass is 35.5. The van der Waals surface area contributed by atoms with Crippen LogP contribution in [-0.2, 0) is 9.53 Å². The van der Waals surface area contributed by atoms with Crippen LogP contribution in [0.15, 0.2) is 0 Å². The average Bonchev–Trinajstić information content (AvgIpc) is 3.30. The number of rotatable bonds is 8. The summed E-state index contributed by atoms with van der Waals surface area (Å²) in [6.07, 6.45) is 4.41. The van der Waals surface area contributed by atoms with E-state index in [1.165, 1.54) is 0 Å². The first-order chi connectivity index (χ1) is 13.8. The van der Waals surface area contributed by atoms with Gasteiger partial charge in [0.25, 0.3) is 11.8 Å². The van der Waals surface area contributed by atoms with Crippen molar-refractivity contribution in [3.63, 3.8) is 0 Å². The Morgan fingerprint density at radius 3 is 2.14 bits per heavy atom. The summed E-state index contributed by atoms with van der Waals surface area (Å²) in [4.78, 5) is 38.2. The fraction of sp³-hybridized carbons (Fsp3) is 0.526. The second-order valence-electron chi connectivity index (χ2n) is 7.02. The third kappa shape index (κ3) is 4.83. The van der Waals surface area contributed by atoms with E-state index in [0.717, 1.165) is 24.3 Å². The molecule has 1 aromatic carbocycles. The lowest BCUT2D eigenvalue weighted by Gasteiger charge is -2.13. The number of hydrogen-bond acceptors (Lipinski definition) is 4. The maximum Gasteiger partial charge on any atom is 0.263 e. The fourth-order valence-electron chi connectivity index (χ4n) is 3.45. The second kappa shape index (κ2) is 9.84. The van der Waals surface area contributed by atoms with Crippen molar-refractivity contribution in [3.8, 4) is 0 Å². The van der Waals surface area contributed by atoms with Gasteiger partial charge >= 0.3 is 0 Å². The van der Waals surface area contributed by atoms with Crippen LogP contribution in [0, 0.1) is 0 Å². The van der Waals surface area contributed by atoms with E-state index in [-0.39, 0.29) is 49.8 Å².